The Kier molecular flexibility index (Phi) is 4.93. The number of fused-ring (bicyclic) bond motifs is 3. The zero-order valence-corrected chi connectivity index (χ0v) is 22.8. The van der Waals surface area contributed by atoms with E-state index >= 15 is 0 Å². The van der Waals surface area contributed by atoms with Gasteiger partial charge in [0, 0.05) is 50.1 Å². The fourth-order valence-corrected chi connectivity index (χ4v) is 6.30. The molecule has 2 heterocycles. The number of hydrogen-bond donors (Lipinski definition) is 2. The van der Waals surface area contributed by atoms with E-state index in [1.165, 1.54) is 0 Å². The van der Waals surface area contributed by atoms with Gasteiger partial charge in [-0.1, -0.05) is 88.4 Å². The largest absolute Gasteiger partial charge is 0.507 e. The Balaban J connectivity index is 1.41. The fraction of sp³-hybridized carbons (Fsp3) is 0.171. The van der Waals surface area contributed by atoms with Crippen molar-refractivity contribution in [1.29, 1.82) is 0 Å². The van der Waals surface area contributed by atoms with Crippen LogP contribution >= 0.6 is 0 Å². The van der Waals surface area contributed by atoms with Gasteiger partial charge in [-0.05, 0) is 35.4 Å². The third kappa shape index (κ3) is 3.18. The van der Waals surface area contributed by atoms with E-state index in [1.807, 2.05) is 42.5 Å². The van der Waals surface area contributed by atoms with Crippen molar-refractivity contribution in [2.24, 2.45) is 4.99 Å². The van der Waals surface area contributed by atoms with Crippen LogP contribution in [0.3, 0.4) is 0 Å². The molecule has 7 rings (SSSR count). The Morgan fingerprint density at radius 2 is 1.38 bits per heavy atom. The molecule has 3 aromatic carbocycles. The number of nitrogens with one attached hydrogen (secondary N) is 1. The molecule has 0 spiro atoms. The fourth-order valence-electron chi connectivity index (χ4n) is 6.30. The van der Waals surface area contributed by atoms with Gasteiger partial charge in [0.2, 0.25) is 0 Å². The van der Waals surface area contributed by atoms with Gasteiger partial charge in [0.1, 0.15) is 5.76 Å². The second kappa shape index (κ2) is 8.12. The van der Waals surface area contributed by atoms with Crippen molar-refractivity contribution in [3.8, 4) is 0 Å². The van der Waals surface area contributed by atoms with Crippen LogP contribution in [0.1, 0.15) is 54.7 Å². The molecule has 40 heavy (non-hydrogen) atoms. The molecular weight excluding hydrogens is 496 g/mol. The highest BCUT2D eigenvalue weighted by Gasteiger charge is 2.45. The number of aliphatic hydroxyl groups is 1. The highest BCUT2D eigenvalue weighted by molar-refractivity contribution is 6.33. The number of benzene rings is 3. The first-order chi connectivity index (χ1) is 19.1. The van der Waals surface area contributed by atoms with E-state index in [0.29, 0.717) is 27.8 Å². The predicted molar refractivity (Wildman–Crippen MR) is 158 cm³/mol. The number of para-hydroxylation sites is 2. The van der Waals surface area contributed by atoms with Crippen LogP contribution in [0.4, 0.5) is 11.4 Å². The topological polar surface area (TPSA) is 78.8 Å². The minimum Gasteiger partial charge on any atom is -0.507 e. The monoisotopic (exact) mass is 524 g/mol. The number of aliphatic hydroxyl groups excluding tert-OH is 1. The van der Waals surface area contributed by atoms with Crippen molar-refractivity contribution in [3.63, 3.8) is 0 Å². The maximum Gasteiger partial charge on any atom is 0.198 e. The molecule has 0 unspecified atom stereocenters. The van der Waals surface area contributed by atoms with Crippen LogP contribution in [0.5, 0.6) is 0 Å². The molecule has 0 bridgehead atoms. The molecule has 0 aromatic heterocycles. The van der Waals surface area contributed by atoms with Gasteiger partial charge in [0.25, 0.3) is 0 Å². The second-order valence-electron chi connectivity index (χ2n) is 11.8. The van der Waals surface area contributed by atoms with Crippen LogP contribution in [0.2, 0.25) is 0 Å². The van der Waals surface area contributed by atoms with Crippen LogP contribution in [0, 0.1) is 0 Å². The number of hydrogen-bond acceptors (Lipinski definition) is 5. The smallest absolute Gasteiger partial charge is 0.198 e. The summed E-state index contributed by atoms with van der Waals surface area (Å²) in [6, 6.07) is 23.1. The summed E-state index contributed by atoms with van der Waals surface area (Å²) in [5.74, 6) is -0.549. The first-order valence-electron chi connectivity index (χ1n) is 13.5. The highest BCUT2D eigenvalue weighted by atomic mass is 16.3. The molecule has 2 N–H and O–H groups in total. The van der Waals surface area contributed by atoms with Crippen molar-refractivity contribution in [2.45, 2.75) is 38.5 Å². The van der Waals surface area contributed by atoms with Crippen LogP contribution in [-0.2, 0) is 15.6 Å². The number of Topliss-reactive ketones (excluding diaryl/α,β-unsaturated/α-hetero) is 2. The molecule has 5 heteroatoms. The Bertz CT molecular complexity index is 1860. The Hall–Kier alpha value is -4.77. The molecule has 0 amide bonds. The minimum atomic E-state index is -0.418. The number of rotatable bonds is 3. The summed E-state index contributed by atoms with van der Waals surface area (Å²) in [5, 5.41) is 14.8. The van der Waals surface area contributed by atoms with Gasteiger partial charge < -0.3 is 10.4 Å². The standard InChI is InChI=1S/C35H28N2O3/c1-34(2)23-13-7-9-15-25(23)36-27(34)17-21-29(30-32(39)19-11-5-6-12-20(19)33(30)40)22(31(21)38)18-28-35(3,4)24-14-8-10-16-26(24)37-28/h5-18,36,39H,1-4H3/b22-18-,27-17-. The summed E-state index contributed by atoms with van der Waals surface area (Å²) in [7, 11) is 0. The molecule has 0 radical (unpaired) electrons. The first kappa shape index (κ1) is 24.3. The highest BCUT2D eigenvalue weighted by Crippen LogP contribution is 2.49. The van der Waals surface area contributed by atoms with E-state index in [2.05, 4.69) is 45.1 Å². The van der Waals surface area contributed by atoms with Crippen molar-refractivity contribution < 1.29 is 14.7 Å². The number of aliphatic imine (C=N–C) groups is 1. The molecule has 2 aliphatic carbocycles. The van der Waals surface area contributed by atoms with Gasteiger partial charge in [0.05, 0.1) is 17.0 Å². The lowest BCUT2D eigenvalue weighted by atomic mass is 9.72. The Morgan fingerprint density at radius 1 is 0.725 bits per heavy atom. The molecule has 4 aliphatic rings. The SMILES string of the molecule is CC1(C)C(/C=C2\C(=O)C(/C=C3\Nc4ccccc4C3(C)C)=C2C2=C(O)c3ccccc3C2=O)=Nc2ccccc21. The maximum atomic E-state index is 13.9. The zero-order valence-electron chi connectivity index (χ0n) is 22.8. The number of ketones is 2. The number of nitrogens with zero attached hydrogens (tertiary/aromatic N) is 1. The minimum absolute atomic E-state index is 0.0947. The van der Waals surface area contributed by atoms with E-state index < -0.39 is 5.41 Å². The molecule has 0 atom stereocenters. The van der Waals surface area contributed by atoms with E-state index in [9.17, 15) is 14.7 Å². The second-order valence-corrected chi connectivity index (χ2v) is 11.8. The number of carbonyl (C=O) groups is 2. The molecule has 5 nitrogen and oxygen atoms in total. The Morgan fingerprint density at radius 3 is 2.08 bits per heavy atom. The van der Waals surface area contributed by atoms with Crippen LogP contribution in [0.15, 0.2) is 118 Å². The van der Waals surface area contributed by atoms with Gasteiger partial charge in [0.15, 0.2) is 11.6 Å². The van der Waals surface area contributed by atoms with Crippen molar-refractivity contribution >= 4 is 34.4 Å². The normalized spacial score (nSPS) is 21.9. The van der Waals surface area contributed by atoms with Gasteiger partial charge in [-0.2, -0.15) is 0 Å². The summed E-state index contributed by atoms with van der Waals surface area (Å²) in [6.07, 6.45) is 3.65. The van der Waals surface area contributed by atoms with E-state index in [0.717, 1.165) is 33.9 Å². The van der Waals surface area contributed by atoms with Gasteiger partial charge in [-0.3, -0.25) is 14.6 Å². The molecular formula is C35H28N2O3. The third-order valence-corrected chi connectivity index (χ3v) is 8.74. The van der Waals surface area contributed by atoms with Crippen molar-refractivity contribution in [3.05, 3.63) is 135 Å². The molecule has 3 aromatic rings. The molecule has 196 valence electrons. The summed E-state index contributed by atoms with van der Waals surface area (Å²) in [4.78, 5) is 32.4. The molecule has 2 aliphatic heterocycles. The van der Waals surface area contributed by atoms with Crippen LogP contribution in [-0.4, -0.2) is 22.4 Å². The van der Waals surface area contributed by atoms with E-state index in [-0.39, 0.29) is 28.3 Å². The summed E-state index contributed by atoms with van der Waals surface area (Å²) in [6.45, 7) is 8.38. The predicted octanol–water partition coefficient (Wildman–Crippen LogP) is 7.31. The lowest BCUT2D eigenvalue weighted by Crippen LogP contribution is -2.30. The number of allylic oxidation sites excluding steroid dienone is 7. The quantitative estimate of drug-likeness (QED) is 0.352. The van der Waals surface area contributed by atoms with Crippen LogP contribution in [0.25, 0.3) is 5.76 Å². The van der Waals surface area contributed by atoms with Crippen LogP contribution < -0.4 is 5.32 Å². The lowest BCUT2D eigenvalue weighted by molar-refractivity contribution is -0.112. The Labute approximate surface area is 233 Å². The molecule has 0 fully saturated rings. The number of anilines is 1. The average Bonchev–Trinajstić information content (AvgIpc) is 3.47. The molecule has 0 saturated carbocycles. The van der Waals surface area contributed by atoms with Crippen molar-refractivity contribution in [2.75, 3.05) is 5.32 Å². The third-order valence-electron chi connectivity index (χ3n) is 8.74. The summed E-state index contributed by atoms with van der Waals surface area (Å²) < 4.78 is 0. The van der Waals surface area contributed by atoms with E-state index in [4.69, 9.17) is 4.99 Å². The molecule has 0 saturated heterocycles. The lowest BCUT2D eigenvalue weighted by Gasteiger charge is -2.29. The van der Waals surface area contributed by atoms with Crippen molar-refractivity contribution in [1.82, 2.24) is 0 Å². The van der Waals surface area contributed by atoms with E-state index in [1.54, 1.807) is 30.3 Å². The average molecular weight is 525 g/mol. The maximum absolute atomic E-state index is 13.9. The number of carbonyl (C=O) groups excluding carboxylic acids is 2. The summed E-state index contributed by atoms with van der Waals surface area (Å²) >= 11 is 0. The zero-order chi connectivity index (χ0) is 28.0. The first-order valence-corrected chi connectivity index (χ1v) is 13.5. The van der Waals surface area contributed by atoms with Gasteiger partial charge >= 0.3 is 0 Å². The summed E-state index contributed by atoms with van der Waals surface area (Å²) in [5.41, 5.74) is 7.28. The van der Waals surface area contributed by atoms with Gasteiger partial charge in [-0.15, -0.1) is 0 Å². The van der Waals surface area contributed by atoms with Gasteiger partial charge in [-0.25, -0.2) is 0 Å².